The highest BCUT2D eigenvalue weighted by atomic mass is 35.5. The van der Waals surface area contributed by atoms with Crippen LogP contribution in [0.5, 0.6) is 0 Å². The van der Waals surface area contributed by atoms with E-state index in [0.717, 1.165) is 21.7 Å². The molecule has 0 aliphatic rings. The topological polar surface area (TPSA) is 0 Å². The van der Waals surface area contributed by atoms with Crippen molar-refractivity contribution >= 4 is 29.3 Å². The highest BCUT2D eigenvalue weighted by Gasteiger charge is 1.99. The number of benzene rings is 1. The Balaban J connectivity index is 3.06. The van der Waals surface area contributed by atoms with E-state index in [1.165, 1.54) is 0 Å². The van der Waals surface area contributed by atoms with Crippen molar-refractivity contribution in [3.05, 3.63) is 39.9 Å². The minimum atomic E-state index is 0.542. The van der Waals surface area contributed by atoms with Crippen LogP contribution in [0, 0.1) is 13.8 Å². The summed E-state index contributed by atoms with van der Waals surface area (Å²) in [4.78, 5) is 0. The molecule has 0 aliphatic carbocycles. The van der Waals surface area contributed by atoms with E-state index in [1.807, 2.05) is 26.0 Å². The maximum absolute atomic E-state index is 6.03. The van der Waals surface area contributed by atoms with Gasteiger partial charge in [0.05, 0.1) is 0 Å². The molecular weight excluding hydrogens is 203 g/mol. The Labute approximate surface area is 89.2 Å². The molecule has 0 atom stereocenters. The molecule has 1 aromatic carbocycles. The van der Waals surface area contributed by atoms with Crippen LogP contribution in [0.25, 0.3) is 6.08 Å². The fourth-order valence-electron chi connectivity index (χ4n) is 1.26. The Bertz CT molecular complexity index is 304. The van der Waals surface area contributed by atoms with Crippen molar-refractivity contribution in [1.82, 2.24) is 0 Å². The van der Waals surface area contributed by atoms with E-state index in [1.54, 1.807) is 0 Å². The lowest BCUT2D eigenvalue weighted by molar-refractivity contribution is 1.37. The first kappa shape index (κ1) is 10.6. The van der Waals surface area contributed by atoms with E-state index in [9.17, 15) is 0 Å². The summed E-state index contributed by atoms with van der Waals surface area (Å²) in [7, 11) is 0. The second-order valence-corrected chi connectivity index (χ2v) is 3.71. The first-order valence-electron chi connectivity index (χ1n) is 4.14. The zero-order valence-electron chi connectivity index (χ0n) is 7.77. The first-order valence-corrected chi connectivity index (χ1v) is 5.05. The van der Waals surface area contributed by atoms with Crippen LogP contribution in [0.2, 0.25) is 5.02 Å². The first-order chi connectivity index (χ1) is 6.15. The van der Waals surface area contributed by atoms with Crippen molar-refractivity contribution < 1.29 is 0 Å². The molecule has 0 amide bonds. The largest absolute Gasteiger partial charge is 0.122 e. The van der Waals surface area contributed by atoms with Gasteiger partial charge in [0, 0.05) is 10.9 Å². The molecule has 0 fully saturated rings. The molecule has 0 aromatic heterocycles. The van der Waals surface area contributed by atoms with Crippen molar-refractivity contribution in [2.45, 2.75) is 13.8 Å². The molecule has 1 aromatic rings. The lowest BCUT2D eigenvalue weighted by Gasteiger charge is -2.03. The van der Waals surface area contributed by atoms with Gasteiger partial charge in [0.25, 0.3) is 0 Å². The standard InChI is InChI=1S/C11H12Cl2/c1-8-6-10(4-3-5-12)7-9(2)11(8)13/h3-4,6-7H,5H2,1-2H3. The van der Waals surface area contributed by atoms with Crippen molar-refractivity contribution in [3.63, 3.8) is 0 Å². The quantitative estimate of drug-likeness (QED) is 0.648. The van der Waals surface area contributed by atoms with Gasteiger partial charge >= 0.3 is 0 Å². The van der Waals surface area contributed by atoms with E-state index in [-0.39, 0.29) is 0 Å². The molecule has 0 unspecified atom stereocenters. The second kappa shape index (κ2) is 4.69. The number of allylic oxidation sites excluding steroid dienone is 1. The maximum atomic E-state index is 6.03. The molecule has 2 heteroatoms. The Hall–Kier alpha value is -0.460. The van der Waals surface area contributed by atoms with Gasteiger partial charge in [0.15, 0.2) is 0 Å². The lowest BCUT2D eigenvalue weighted by atomic mass is 10.1. The highest BCUT2D eigenvalue weighted by molar-refractivity contribution is 6.32. The number of rotatable bonds is 2. The van der Waals surface area contributed by atoms with E-state index in [0.29, 0.717) is 5.88 Å². The summed E-state index contributed by atoms with van der Waals surface area (Å²) in [5, 5.41) is 0.850. The molecule has 0 saturated carbocycles. The Kier molecular flexibility index (Phi) is 3.83. The number of hydrogen-bond acceptors (Lipinski definition) is 0. The van der Waals surface area contributed by atoms with E-state index in [4.69, 9.17) is 23.2 Å². The average molecular weight is 215 g/mol. The van der Waals surface area contributed by atoms with E-state index in [2.05, 4.69) is 12.1 Å². The summed E-state index contributed by atoms with van der Waals surface area (Å²) < 4.78 is 0. The monoisotopic (exact) mass is 214 g/mol. The third-order valence-corrected chi connectivity index (χ3v) is 2.63. The molecule has 0 aliphatic heterocycles. The Morgan fingerprint density at radius 3 is 2.23 bits per heavy atom. The summed E-state index contributed by atoms with van der Waals surface area (Å²) in [5.41, 5.74) is 3.37. The van der Waals surface area contributed by atoms with Crippen LogP contribution < -0.4 is 0 Å². The Morgan fingerprint density at radius 1 is 1.23 bits per heavy atom. The van der Waals surface area contributed by atoms with Crippen LogP contribution in [-0.4, -0.2) is 5.88 Å². The molecule has 0 N–H and O–H groups in total. The maximum Gasteiger partial charge on any atom is 0.0464 e. The van der Waals surface area contributed by atoms with Crippen molar-refractivity contribution in [2.24, 2.45) is 0 Å². The lowest BCUT2D eigenvalue weighted by Crippen LogP contribution is -1.83. The second-order valence-electron chi connectivity index (χ2n) is 3.03. The van der Waals surface area contributed by atoms with Gasteiger partial charge in [-0.15, -0.1) is 11.6 Å². The molecule has 0 bridgehead atoms. The molecular formula is C11H12Cl2. The number of alkyl halides is 1. The minimum absolute atomic E-state index is 0.542. The fourth-order valence-corrected chi connectivity index (χ4v) is 1.45. The van der Waals surface area contributed by atoms with E-state index >= 15 is 0 Å². The van der Waals surface area contributed by atoms with Gasteiger partial charge in [-0.05, 0) is 30.5 Å². The van der Waals surface area contributed by atoms with Crippen LogP contribution in [0.1, 0.15) is 16.7 Å². The number of hydrogen-bond donors (Lipinski definition) is 0. The summed E-state index contributed by atoms with van der Waals surface area (Å²) in [6.07, 6.45) is 3.92. The van der Waals surface area contributed by atoms with Crippen molar-refractivity contribution in [3.8, 4) is 0 Å². The van der Waals surface area contributed by atoms with Crippen LogP contribution >= 0.6 is 23.2 Å². The SMILES string of the molecule is Cc1cc(C=CCCl)cc(C)c1Cl. The third kappa shape index (κ3) is 2.75. The van der Waals surface area contributed by atoms with Crippen molar-refractivity contribution in [2.75, 3.05) is 5.88 Å². The molecule has 13 heavy (non-hydrogen) atoms. The minimum Gasteiger partial charge on any atom is -0.122 e. The molecule has 1 rings (SSSR count). The summed E-state index contributed by atoms with van der Waals surface area (Å²) in [6, 6.07) is 4.11. The number of halogens is 2. The van der Waals surface area contributed by atoms with Gasteiger partial charge < -0.3 is 0 Å². The van der Waals surface area contributed by atoms with Gasteiger partial charge in [-0.1, -0.05) is 35.9 Å². The third-order valence-electron chi connectivity index (χ3n) is 1.86. The molecule has 0 radical (unpaired) electrons. The average Bonchev–Trinajstić information content (AvgIpc) is 2.10. The van der Waals surface area contributed by atoms with Crippen LogP contribution in [0.3, 0.4) is 0 Å². The zero-order chi connectivity index (χ0) is 9.84. The summed E-state index contributed by atoms with van der Waals surface area (Å²) in [5.74, 6) is 0.542. The normalized spacial score (nSPS) is 11.1. The van der Waals surface area contributed by atoms with Crippen LogP contribution in [0.4, 0.5) is 0 Å². The van der Waals surface area contributed by atoms with Gasteiger partial charge in [0.1, 0.15) is 0 Å². The van der Waals surface area contributed by atoms with Crippen LogP contribution in [0.15, 0.2) is 18.2 Å². The fraction of sp³-hybridized carbons (Fsp3) is 0.273. The summed E-state index contributed by atoms with van der Waals surface area (Å²) >= 11 is 11.6. The molecule has 0 nitrogen and oxygen atoms in total. The smallest absolute Gasteiger partial charge is 0.0464 e. The number of aryl methyl sites for hydroxylation is 2. The zero-order valence-corrected chi connectivity index (χ0v) is 9.28. The van der Waals surface area contributed by atoms with Crippen LogP contribution in [-0.2, 0) is 0 Å². The van der Waals surface area contributed by atoms with E-state index < -0.39 is 0 Å². The highest BCUT2D eigenvalue weighted by Crippen LogP contribution is 2.22. The molecule has 0 heterocycles. The van der Waals surface area contributed by atoms with Crippen molar-refractivity contribution in [1.29, 1.82) is 0 Å². The van der Waals surface area contributed by atoms with Gasteiger partial charge in [-0.3, -0.25) is 0 Å². The summed E-state index contributed by atoms with van der Waals surface area (Å²) in [6.45, 7) is 4.01. The Morgan fingerprint density at radius 2 is 1.77 bits per heavy atom. The van der Waals surface area contributed by atoms with Gasteiger partial charge in [0.2, 0.25) is 0 Å². The predicted octanol–water partition coefficient (Wildman–Crippen LogP) is 4.21. The molecule has 70 valence electrons. The predicted molar refractivity (Wildman–Crippen MR) is 60.7 cm³/mol. The molecule has 0 saturated heterocycles. The van der Waals surface area contributed by atoms with Gasteiger partial charge in [-0.2, -0.15) is 0 Å². The van der Waals surface area contributed by atoms with Gasteiger partial charge in [-0.25, -0.2) is 0 Å². The molecule has 0 spiro atoms.